The molecule has 2 nitrogen and oxygen atoms in total. The van der Waals surface area contributed by atoms with Crippen LogP contribution in [0.4, 0.5) is 0 Å². The number of fused-ring (bicyclic) bond motifs is 1. The first-order valence-electron chi connectivity index (χ1n) is 5.05. The third-order valence-corrected chi connectivity index (χ3v) is 2.43. The summed E-state index contributed by atoms with van der Waals surface area (Å²) in [5, 5.41) is 1.19. The molecule has 0 aliphatic carbocycles. The number of furan rings is 1. The van der Waals surface area contributed by atoms with E-state index >= 15 is 0 Å². The fourth-order valence-corrected chi connectivity index (χ4v) is 1.63. The van der Waals surface area contributed by atoms with Gasteiger partial charge in [0.1, 0.15) is 11.3 Å². The molecule has 2 heteroatoms. The Labute approximate surface area is 83.7 Å². The number of nitrogens with two attached hydrogens (primary N) is 1. The summed E-state index contributed by atoms with van der Waals surface area (Å²) < 4.78 is 5.63. The van der Waals surface area contributed by atoms with Crippen LogP contribution in [-0.4, -0.2) is 6.54 Å². The summed E-state index contributed by atoms with van der Waals surface area (Å²) in [7, 11) is 0. The molecule has 1 aromatic carbocycles. The quantitative estimate of drug-likeness (QED) is 0.805. The second kappa shape index (κ2) is 3.84. The van der Waals surface area contributed by atoms with E-state index in [0.717, 1.165) is 24.2 Å². The van der Waals surface area contributed by atoms with E-state index in [9.17, 15) is 0 Å². The summed E-state index contributed by atoms with van der Waals surface area (Å²) >= 11 is 0. The van der Waals surface area contributed by atoms with Gasteiger partial charge in [-0.3, -0.25) is 0 Å². The predicted octanol–water partition coefficient (Wildman–Crippen LogP) is 2.50. The van der Waals surface area contributed by atoms with E-state index in [0.29, 0.717) is 6.54 Å². The van der Waals surface area contributed by atoms with E-state index in [1.54, 1.807) is 0 Å². The topological polar surface area (TPSA) is 39.2 Å². The Morgan fingerprint density at radius 3 is 2.86 bits per heavy atom. The number of hydrogen-bond acceptors (Lipinski definition) is 2. The molecule has 74 valence electrons. The maximum atomic E-state index is 5.63. The highest BCUT2D eigenvalue weighted by Crippen LogP contribution is 2.21. The van der Waals surface area contributed by atoms with Crippen molar-refractivity contribution >= 4 is 11.0 Å². The van der Waals surface area contributed by atoms with Gasteiger partial charge in [-0.15, -0.1) is 0 Å². The van der Waals surface area contributed by atoms with Crippen LogP contribution < -0.4 is 5.73 Å². The molecule has 0 amide bonds. The van der Waals surface area contributed by atoms with Gasteiger partial charge < -0.3 is 10.2 Å². The normalized spacial score (nSPS) is 11.0. The van der Waals surface area contributed by atoms with Crippen LogP contribution in [0.2, 0.25) is 0 Å². The van der Waals surface area contributed by atoms with Crippen LogP contribution in [-0.2, 0) is 12.8 Å². The molecule has 1 heterocycles. The second-order valence-electron chi connectivity index (χ2n) is 3.48. The van der Waals surface area contributed by atoms with Crippen molar-refractivity contribution in [1.82, 2.24) is 0 Å². The van der Waals surface area contributed by atoms with Crippen molar-refractivity contribution in [2.75, 3.05) is 6.54 Å². The first-order chi connectivity index (χ1) is 6.83. The fraction of sp³-hybridized carbons (Fsp3) is 0.333. The van der Waals surface area contributed by atoms with Crippen LogP contribution >= 0.6 is 0 Å². The van der Waals surface area contributed by atoms with Gasteiger partial charge in [0.05, 0.1) is 0 Å². The predicted molar refractivity (Wildman–Crippen MR) is 58.4 cm³/mol. The standard InChI is InChI=1S/C12H15NO/c1-2-9-3-4-12-10(7-9)8-11(14-12)5-6-13/h3-4,7-8H,2,5-6,13H2,1H3. The Bertz CT molecular complexity index is 431. The average Bonchev–Trinajstić information content (AvgIpc) is 2.59. The summed E-state index contributed by atoms with van der Waals surface area (Å²) in [5.74, 6) is 0.982. The van der Waals surface area contributed by atoms with E-state index in [2.05, 4.69) is 25.1 Å². The minimum absolute atomic E-state index is 0.639. The van der Waals surface area contributed by atoms with Crippen molar-refractivity contribution in [3.05, 3.63) is 35.6 Å². The van der Waals surface area contributed by atoms with Crippen LogP contribution in [0.3, 0.4) is 0 Å². The molecule has 0 aliphatic heterocycles. The number of benzene rings is 1. The molecule has 14 heavy (non-hydrogen) atoms. The monoisotopic (exact) mass is 189 g/mol. The van der Waals surface area contributed by atoms with Gasteiger partial charge in [0.2, 0.25) is 0 Å². The zero-order valence-corrected chi connectivity index (χ0v) is 8.42. The largest absolute Gasteiger partial charge is 0.461 e. The van der Waals surface area contributed by atoms with Gasteiger partial charge in [-0.2, -0.15) is 0 Å². The molecule has 0 radical (unpaired) electrons. The smallest absolute Gasteiger partial charge is 0.134 e. The minimum Gasteiger partial charge on any atom is -0.461 e. The lowest BCUT2D eigenvalue weighted by Gasteiger charge is -1.93. The Kier molecular flexibility index (Phi) is 2.55. The van der Waals surface area contributed by atoms with Crippen molar-refractivity contribution in [2.45, 2.75) is 19.8 Å². The molecule has 2 rings (SSSR count). The second-order valence-corrected chi connectivity index (χ2v) is 3.48. The third kappa shape index (κ3) is 1.66. The molecular weight excluding hydrogens is 174 g/mol. The van der Waals surface area contributed by atoms with Gasteiger partial charge in [0.15, 0.2) is 0 Å². The SMILES string of the molecule is CCc1ccc2oc(CCN)cc2c1. The van der Waals surface area contributed by atoms with Crippen LogP contribution in [0.1, 0.15) is 18.2 Å². The lowest BCUT2D eigenvalue weighted by Crippen LogP contribution is -2.01. The van der Waals surface area contributed by atoms with E-state index < -0.39 is 0 Å². The van der Waals surface area contributed by atoms with Crippen molar-refractivity contribution in [3.8, 4) is 0 Å². The van der Waals surface area contributed by atoms with Gasteiger partial charge in [0.25, 0.3) is 0 Å². The first-order valence-corrected chi connectivity index (χ1v) is 5.05. The molecule has 1 aromatic heterocycles. The van der Waals surface area contributed by atoms with Crippen molar-refractivity contribution in [1.29, 1.82) is 0 Å². The van der Waals surface area contributed by atoms with Crippen molar-refractivity contribution < 1.29 is 4.42 Å². The van der Waals surface area contributed by atoms with Gasteiger partial charge in [-0.25, -0.2) is 0 Å². The molecule has 0 saturated carbocycles. The number of rotatable bonds is 3. The van der Waals surface area contributed by atoms with Gasteiger partial charge in [0, 0.05) is 11.8 Å². The van der Waals surface area contributed by atoms with E-state index in [4.69, 9.17) is 10.2 Å². The summed E-state index contributed by atoms with van der Waals surface area (Å²) in [6.07, 6.45) is 1.88. The van der Waals surface area contributed by atoms with Crippen molar-refractivity contribution in [3.63, 3.8) is 0 Å². The summed E-state index contributed by atoms with van der Waals surface area (Å²) in [4.78, 5) is 0. The average molecular weight is 189 g/mol. The molecule has 0 unspecified atom stereocenters. The van der Waals surface area contributed by atoms with E-state index in [-0.39, 0.29) is 0 Å². The maximum Gasteiger partial charge on any atom is 0.134 e. The van der Waals surface area contributed by atoms with Crippen molar-refractivity contribution in [2.24, 2.45) is 5.73 Å². The highest BCUT2D eigenvalue weighted by atomic mass is 16.3. The molecule has 2 aromatic rings. The van der Waals surface area contributed by atoms with Gasteiger partial charge in [-0.05, 0) is 36.7 Å². The molecule has 0 spiro atoms. The van der Waals surface area contributed by atoms with Crippen LogP contribution in [0.25, 0.3) is 11.0 Å². The Balaban J connectivity index is 2.43. The van der Waals surface area contributed by atoms with Crippen LogP contribution in [0.5, 0.6) is 0 Å². The molecule has 0 aliphatic rings. The lowest BCUT2D eigenvalue weighted by atomic mass is 10.1. The molecule has 0 fully saturated rings. The Morgan fingerprint density at radius 1 is 1.29 bits per heavy atom. The van der Waals surface area contributed by atoms with Gasteiger partial charge in [-0.1, -0.05) is 13.0 Å². The molecule has 0 bridgehead atoms. The number of aryl methyl sites for hydroxylation is 1. The first kappa shape index (κ1) is 9.28. The Hall–Kier alpha value is -1.28. The summed E-state index contributed by atoms with van der Waals surface area (Å²) in [6, 6.07) is 8.41. The third-order valence-electron chi connectivity index (χ3n) is 2.43. The molecule has 0 saturated heterocycles. The molecule has 0 atom stereocenters. The van der Waals surface area contributed by atoms with E-state index in [1.165, 1.54) is 10.9 Å². The maximum absolute atomic E-state index is 5.63. The lowest BCUT2D eigenvalue weighted by molar-refractivity contribution is 0.550. The van der Waals surface area contributed by atoms with Gasteiger partial charge >= 0.3 is 0 Å². The minimum atomic E-state index is 0.639. The Morgan fingerprint density at radius 2 is 2.14 bits per heavy atom. The zero-order chi connectivity index (χ0) is 9.97. The highest BCUT2D eigenvalue weighted by Gasteiger charge is 2.02. The van der Waals surface area contributed by atoms with Crippen LogP contribution in [0.15, 0.2) is 28.7 Å². The van der Waals surface area contributed by atoms with E-state index in [1.807, 2.05) is 6.07 Å². The zero-order valence-electron chi connectivity index (χ0n) is 8.42. The molecule has 2 N–H and O–H groups in total. The fourth-order valence-electron chi connectivity index (χ4n) is 1.63. The number of hydrogen-bond donors (Lipinski definition) is 1. The molecular formula is C12H15NO. The summed E-state index contributed by atoms with van der Waals surface area (Å²) in [6.45, 7) is 2.79. The van der Waals surface area contributed by atoms with Crippen LogP contribution in [0, 0.1) is 0 Å². The highest BCUT2D eigenvalue weighted by molar-refractivity contribution is 5.78. The summed E-state index contributed by atoms with van der Waals surface area (Å²) in [5.41, 5.74) is 7.79.